The second-order valence-corrected chi connectivity index (χ2v) is 15.8. The van der Waals surface area contributed by atoms with Crippen molar-refractivity contribution in [1.29, 1.82) is 0 Å². The lowest BCUT2D eigenvalue weighted by atomic mass is 9.99. The Labute approximate surface area is 321 Å². The van der Waals surface area contributed by atoms with Crippen LogP contribution in [0.15, 0.2) is 166 Å². The van der Waals surface area contributed by atoms with Crippen LogP contribution in [-0.2, 0) is 5.91 Å². The number of nitrogens with zero attached hydrogens (tertiary/aromatic N) is 8. The Morgan fingerprint density at radius 2 is 0.912 bits per heavy atom. The summed E-state index contributed by atoms with van der Waals surface area (Å²) in [6, 6.07) is 52.6. The molecule has 0 bridgehead atoms. The lowest BCUT2D eigenvalue weighted by Gasteiger charge is -2.40. The van der Waals surface area contributed by atoms with E-state index in [1.54, 1.807) is 0 Å². The average molecular weight is 725 g/mol. The van der Waals surface area contributed by atoms with Crippen molar-refractivity contribution in [3.05, 3.63) is 179 Å². The van der Waals surface area contributed by atoms with Gasteiger partial charge in [-0.15, -0.1) is 9.15 Å². The van der Waals surface area contributed by atoms with Crippen LogP contribution in [0.3, 0.4) is 0 Å². The van der Waals surface area contributed by atoms with Gasteiger partial charge in [0.2, 0.25) is 22.6 Å². The van der Waals surface area contributed by atoms with E-state index in [0.717, 1.165) is 111 Å². The minimum Gasteiger partial charge on any atom is -0.192 e. The van der Waals surface area contributed by atoms with Gasteiger partial charge < -0.3 is 0 Å². The molecule has 57 heavy (non-hydrogen) atoms. The number of hydrogen-bond acceptors (Lipinski definition) is 4. The molecular formula is C49H24N8+2. The van der Waals surface area contributed by atoms with E-state index in [0.29, 0.717) is 0 Å². The Morgan fingerprint density at radius 3 is 1.65 bits per heavy atom. The summed E-state index contributed by atoms with van der Waals surface area (Å²) < 4.78 is 9.65. The minimum atomic E-state index is -1.09. The fourth-order valence-corrected chi connectivity index (χ4v) is 11.1. The SMILES string of the molecule is c1ccc2c3c(ccc2c1)C1=[N+]2C3=Nc3c4ccc5ccccc5c4c4n3C23n2c(c5ccc6ccccc6c5c2=N1)=NC1=[N+]3C(=N4)c2ccc3ccccc3c21. The molecule has 0 fully saturated rings. The summed E-state index contributed by atoms with van der Waals surface area (Å²) in [6.45, 7) is 0. The third-order valence-electron chi connectivity index (χ3n) is 13.3. The first kappa shape index (κ1) is 27.7. The van der Waals surface area contributed by atoms with Crippen LogP contribution in [0.5, 0.6) is 0 Å². The summed E-state index contributed by atoms with van der Waals surface area (Å²) in [7, 11) is 0. The molecule has 6 aliphatic rings. The van der Waals surface area contributed by atoms with E-state index in [9.17, 15) is 0 Å². The van der Waals surface area contributed by atoms with E-state index in [1.807, 2.05) is 0 Å². The van der Waals surface area contributed by atoms with Gasteiger partial charge in [-0.2, -0.15) is 9.13 Å². The molecule has 1 unspecified atom stereocenters. The molecule has 258 valence electrons. The van der Waals surface area contributed by atoms with Crippen molar-refractivity contribution in [2.24, 2.45) is 20.0 Å². The van der Waals surface area contributed by atoms with Gasteiger partial charge in [-0.3, -0.25) is 0 Å². The van der Waals surface area contributed by atoms with Crippen LogP contribution in [0, 0.1) is 0 Å². The van der Waals surface area contributed by atoms with Gasteiger partial charge in [0, 0.05) is 10.8 Å². The van der Waals surface area contributed by atoms with E-state index in [2.05, 4.69) is 164 Å². The van der Waals surface area contributed by atoms with Gasteiger partial charge in [-0.1, -0.05) is 141 Å². The highest BCUT2D eigenvalue weighted by molar-refractivity contribution is 6.27. The summed E-state index contributed by atoms with van der Waals surface area (Å²) >= 11 is 0. The van der Waals surface area contributed by atoms with Crippen molar-refractivity contribution >= 4 is 99.6 Å². The number of aromatic nitrogens is 2. The summed E-state index contributed by atoms with van der Waals surface area (Å²) in [5.41, 5.74) is 6.10. The Hall–Kier alpha value is -7.84. The lowest BCUT2D eigenvalue weighted by molar-refractivity contribution is -0.790. The highest BCUT2D eigenvalue weighted by atomic mass is 15.7. The average Bonchev–Trinajstić information content (AvgIpc) is 3.99. The van der Waals surface area contributed by atoms with Crippen molar-refractivity contribution in [3.63, 3.8) is 0 Å². The highest BCUT2D eigenvalue weighted by Crippen LogP contribution is 2.54. The minimum absolute atomic E-state index is 0.878. The fourth-order valence-electron chi connectivity index (χ4n) is 11.1. The van der Waals surface area contributed by atoms with Gasteiger partial charge in [0.05, 0.1) is 33.0 Å². The maximum absolute atomic E-state index is 5.77. The van der Waals surface area contributed by atoms with Crippen molar-refractivity contribution in [1.82, 2.24) is 9.13 Å². The Kier molecular flexibility index (Phi) is 4.29. The normalized spacial score (nSPS) is 18.6. The van der Waals surface area contributed by atoms with E-state index < -0.39 is 5.91 Å². The van der Waals surface area contributed by atoms with Crippen LogP contribution in [0.2, 0.25) is 0 Å². The molecule has 8 heterocycles. The Bertz CT molecular complexity index is 4040. The summed E-state index contributed by atoms with van der Waals surface area (Å²) in [6.07, 6.45) is 0. The molecule has 16 rings (SSSR count). The maximum atomic E-state index is 5.77. The molecule has 1 spiro atoms. The van der Waals surface area contributed by atoms with Crippen molar-refractivity contribution in [2.75, 3.05) is 0 Å². The second-order valence-electron chi connectivity index (χ2n) is 15.8. The molecule has 1 atom stereocenters. The number of aliphatic imine (C=N–C) groups is 2. The third-order valence-corrected chi connectivity index (χ3v) is 13.3. The summed E-state index contributed by atoms with van der Waals surface area (Å²) in [5, 5.41) is 13.6. The van der Waals surface area contributed by atoms with Crippen LogP contribution in [0.1, 0.15) is 22.3 Å². The van der Waals surface area contributed by atoms with Crippen molar-refractivity contribution < 1.29 is 9.15 Å². The largest absolute Gasteiger partial charge is 0.404 e. The Balaban J connectivity index is 1.24. The van der Waals surface area contributed by atoms with Crippen LogP contribution < -0.4 is 11.0 Å². The zero-order valence-electron chi connectivity index (χ0n) is 29.9. The predicted octanol–water partition coefficient (Wildman–Crippen LogP) is 8.32. The number of benzene rings is 8. The van der Waals surface area contributed by atoms with E-state index >= 15 is 0 Å². The molecule has 8 aromatic carbocycles. The zero-order valence-corrected chi connectivity index (χ0v) is 29.9. The molecule has 10 aromatic rings. The van der Waals surface area contributed by atoms with Crippen LogP contribution in [-0.4, -0.2) is 41.6 Å². The molecular weight excluding hydrogens is 701 g/mol. The molecule has 0 aliphatic carbocycles. The fraction of sp³-hybridized carbons (Fsp3) is 0.0204. The van der Waals surface area contributed by atoms with Crippen molar-refractivity contribution in [2.45, 2.75) is 5.91 Å². The van der Waals surface area contributed by atoms with E-state index in [1.165, 1.54) is 21.5 Å². The number of amidine groups is 4. The second kappa shape index (κ2) is 8.83. The maximum Gasteiger partial charge on any atom is 0.404 e. The molecule has 8 heteroatoms. The predicted molar refractivity (Wildman–Crippen MR) is 224 cm³/mol. The summed E-state index contributed by atoms with van der Waals surface area (Å²) in [4.78, 5) is 23.1. The highest BCUT2D eigenvalue weighted by Gasteiger charge is 2.70. The monoisotopic (exact) mass is 724 g/mol. The first-order valence-corrected chi connectivity index (χ1v) is 19.4. The third kappa shape index (κ3) is 2.78. The smallest absolute Gasteiger partial charge is 0.192 e. The molecule has 0 saturated carbocycles. The molecule has 0 N–H and O–H groups in total. The van der Waals surface area contributed by atoms with Gasteiger partial charge in [-0.25, -0.2) is 0 Å². The van der Waals surface area contributed by atoms with Gasteiger partial charge in [0.25, 0.3) is 23.3 Å². The molecule has 0 amide bonds. The van der Waals surface area contributed by atoms with Gasteiger partial charge in [-0.05, 0) is 67.4 Å². The molecule has 6 aliphatic heterocycles. The topological polar surface area (TPSA) is 65.3 Å². The first-order chi connectivity index (χ1) is 28.3. The van der Waals surface area contributed by atoms with Crippen molar-refractivity contribution in [3.8, 4) is 0 Å². The molecule has 0 radical (unpaired) electrons. The van der Waals surface area contributed by atoms with E-state index in [-0.39, 0.29) is 0 Å². The van der Waals surface area contributed by atoms with Gasteiger partial charge in [0.1, 0.15) is 0 Å². The quantitative estimate of drug-likeness (QED) is 0.141. The number of rotatable bonds is 0. The first-order valence-electron chi connectivity index (χ1n) is 19.4. The molecule has 0 saturated heterocycles. The number of hydrogen-bond donors (Lipinski definition) is 0. The van der Waals surface area contributed by atoms with Crippen LogP contribution in [0.4, 0.5) is 11.6 Å². The van der Waals surface area contributed by atoms with Crippen LogP contribution >= 0.6 is 0 Å². The summed E-state index contributed by atoms with van der Waals surface area (Å²) in [5.74, 6) is 4.20. The standard InChI is InChI=1S/C49H24N8/c1-5-13-29-25(9-1)17-21-33-37(29)45-50-42-34-22-18-26-10-2-6-14-30(26)38(34)47-52-44-36-24-20-28-12-4-8-16-32(28)40(36)48-53-43-35-23-19-27-11-3-7-15-31(27)39(35)46-51-41(33)54(45)49(55(42)47,56(43)46)57(44)48/h1-24H/q+2. The van der Waals surface area contributed by atoms with Gasteiger partial charge in [0.15, 0.2) is 0 Å². The molecule has 2 aromatic heterocycles. The van der Waals surface area contributed by atoms with Crippen LogP contribution in [0.25, 0.3) is 64.6 Å². The zero-order chi connectivity index (χ0) is 36.5. The van der Waals surface area contributed by atoms with Gasteiger partial charge >= 0.3 is 5.91 Å². The van der Waals surface area contributed by atoms with E-state index in [4.69, 9.17) is 20.0 Å². The lowest BCUT2D eigenvalue weighted by Crippen LogP contribution is -2.71. The molecule has 8 nitrogen and oxygen atoms in total. The number of fused-ring (bicyclic) bond motifs is 20. The Morgan fingerprint density at radius 1 is 0.368 bits per heavy atom.